The Kier molecular flexibility index (Phi) is 13.4. The Morgan fingerprint density at radius 3 is 1.35 bits per heavy atom. The van der Waals surface area contributed by atoms with Gasteiger partial charge in [0.15, 0.2) is 0 Å². The van der Waals surface area contributed by atoms with E-state index in [0.29, 0.717) is 0 Å². The largest absolute Gasteiger partial charge is 0.456 e. The van der Waals surface area contributed by atoms with Crippen LogP contribution in [0.2, 0.25) is 0 Å². The monoisotopic (exact) mass is 1220 g/mol. The van der Waals surface area contributed by atoms with Crippen molar-refractivity contribution in [3.63, 3.8) is 0 Å². The number of furan rings is 1. The molecule has 0 saturated heterocycles. The zero-order valence-corrected chi connectivity index (χ0v) is 56.3. The first-order valence-electron chi connectivity index (χ1n) is 33.1. The quantitative estimate of drug-likeness (QED) is 0.159. The zero-order valence-electron chi connectivity index (χ0n) is 55.5. The third-order valence-electron chi connectivity index (χ3n) is 19.8. The third-order valence-corrected chi connectivity index (χ3v) is 20.9. The van der Waals surface area contributed by atoms with Crippen LogP contribution in [0.4, 0.5) is 34.1 Å². The maximum atomic E-state index is 7.07. The van der Waals surface area contributed by atoms with Crippen molar-refractivity contribution in [1.29, 1.82) is 0 Å². The standard InChI is InChI=1S/C89H78N2OS/c1-86(2,3)60-42-43-64-71(49-60)91(85-68(55-31-19-14-20-32-55)53-77-82(66-38-26-28-40-76(66)93-77)79(85)57-35-23-16-24-36-57)73-51-63(89(10,11)12)50-72-83(73)80(64)69-47-58(59-45-61(87(4,5)6)48-62(46-59)88(7,8)9)41-44-70(69)90(72)84-67(54-29-17-13-18-30-54)52-75-81(65-37-25-27-39-74(65)92-75)78(84)56-33-21-15-22-34-56/h13-53,80H,1-12H3. The Morgan fingerprint density at radius 1 is 0.312 bits per heavy atom. The first kappa shape index (κ1) is 58.4. The highest BCUT2D eigenvalue weighted by atomic mass is 32.1. The van der Waals surface area contributed by atoms with E-state index in [1.807, 2.05) is 11.3 Å². The van der Waals surface area contributed by atoms with Gasteiger partial charge in [-0.1, -0.05) is 277 Å². The van der Waals surface area contributed by atoms with Gasteiger partial charge in [0.25, 0.3) is 0 Å². The molecule has 4 heterocycles. The van der Waals surface area contributed by atoms with E-state index in [2.05, 4.69) is 342 Å². The molecule has 1 atom stereocenters. The minimum atomic E-state index is -0.299. The first-order chi connectivity index (χ1) is 44.7. The number of nitrogens with zero attached hydrogens (tertiary/aromatic N) is 2. The number of benzene rings is 12. The summed E-state index contributed by atoms with van der Waals surface area (Å²) in [6, 6.07) is 94.7. The minimum absolute atomic E-state index is 0.0801. The summed E-state index contributed by atoms with van der Waals surface area (Å²) in [5.74, 6) is -0.201. The molecule has 0 amide bonds. The van der Waals surface area contributed by atoms with Crippen LogP contribution in [0.1, 0.15) is 128 Å². The van der Waals surface area contributed by atoms with Gasteiger partial charge in [-0.2, -0.15) is 0 Å². The summed E-state index contributed by atoms with van der Waals surface area (Å²) in [6.07, 6.45) is 0. The van der Waals surface area contributed by atoms with E-state index in [1.165, 1.54) is 110 Å². The maximum absolute atomic E-state index is 7.07. The Labute approximate surface area is 552 Å². The lowest BCUT2D eigenvalue weighted by Gasteiger charge is -2.47. The van der Waals surface area contributed by atoms with Gasteiger partial charge in [-0.25, -0.2) is 0 Å². The predicted octanol–water partition coefficient (Wildman–Crippen LogP) is 26.2. The maximum Gasteiger partial charge on any atom is 0.136 e. The summed E-state index contributed by atoms with van der Waals surface area (Å²) in [7, 11) is 0. The molecule has 2 aliphatic rings. The Balaban J connectivity index is 1.13. The van der Waals surface area contributed by atoms with Crippen molar-refractivity contribution >= 4 is 87.6 Å². The van der Waals surface area contributed by atoms with Crippen molar-refractivity contribution in [3.8, 4) is 55.6 Å². The van der Waals surface area contributed by atoms with Crippen molar-refractivity contribution in [3.05, 3.63) is 288 Å². The fourth-order valence-electron chi connectivity index (χ4n) is 14.9. The van der Waals surface area contributed by atoms with Gasteiger partial charge in [0.05, 0.1) is 34.1 Å². The van der Waals surface area contributed by atoms with Crippen LogP contribution >= 0.6 is 11.3 Å². The average molecular weight is 1220 g/mol. The van der Waals surface area contributed by atoms with Crippen LogP contribution in [0.3, 0.4) is 0 Å². The predicted molar refractivity (Wildman–Crippen MR) is 399 cm³/mol. The summed E-state index contributed by atoms with van der Waals surface area (Å²) >= 11 is 1.90. The summed E-state index contributed by atoms with van der Waals surface area (Å²) in [5, 5.41) is 4.73. The molecule has 1 unspecified atom stereocenters. The highest BCUT2D eigenvalue weighted by Crippen LogP contribution is 2.66. The van der Waals surface area contributed by atoms with E-state index in [-0.39, 0.29) is 27.6 Å². The van der Waals surface area contributed by atoms with E-state index < -0.39 is 0 Å². The lowest BCUT2D eigenvalue weighted by molar-refractivity contribution is 0.569. The molecule has 0 bridgehead atoms. The summed E-state index contributed by atoms with van der Waals surface area (Å²) < 4.78 is 9.62. The smallest absolute Gasteiger partial charge is 0.136 e. The van der Waals surface area contributed by atoms with Gasteiger partial charge >= 0.3 is 0 Å². The summed E-state index contributed by atoms with van der Waals surface area (Å²) in [4.78, 5) is 5.46. The molecule has 12 aromatic carbocycles. The molecule has 14 aromatic rings. The number of anilines is 6. The Bertz CT molecular complexity index is 5260. The number of thiophene rings is 1. The lowest BCUT2D eigenvalue weighted by atomic mass is 9.72. The van der Waals surface area contributed by atoms with Crippen LogP contribution in [-0.2, 0) is 21.7 Å². The van der Waals surface area contributed by atoms with Crippen LogP contribution in [-0.4, -0.2) is 0 Å². The van der Waals surface area contributed by atoms with Gasteiger partial charge in [-0.15, -0.1) is 11.3 Å². The zero-order chi connectivity index (χ0) is 64.0. The SMILES string of the molecule is CC(C)(C)c1cc(-c2ccc3c(c2)C2c4ccc(C(C)(C)C)cc4N(c4c(-c5ccccc5)cc5sc6ccccc6c5c4-c4ccccc4)c4cc(C(C)(C)C)cc(c42)N3c2c(-c3ccccc3)cc3oc4ccccc4c3c2-c2ccccc2)cc(C(C)(C)C)c1. The summed E-state index contributed by atoms with van der Waals surface area (Å²) in [5.41, 5.74) is 28.7. The van der Waals surface area contributed by atoms with E-state index in [1.54, 1.807) is 0 Å². The van der Waals surface area contributed by atoms with Gasteiger partial charge in [0.2, 0.25) is 0 Å². The van der Waals surface area contributed by atoms with Crippen LogP contribution in [0.5, 0.6) is 0 Å². The molecule has 3 nitrogen and oxygen atoms in total. The van der Waals surface area contributed by atoms with Gasteiger partial charge in [-0.3, -0.25) is 0 Å². The molecular weight excluding hydrogens is 1150 g/mol. The van der Waals surface area contributed by atoms with E-state index in [9.17, 15) is 0 Å². The second kappa shape index (κ2) is 21.4. The normalized spacial score (nSPS) is 14.1. The topological polar surface area (TPSA) is 19.6 Å². The Morgan fingerprint density at radius 2 is 0.785 bits per heavy atom. The summed E-state index contributed by atoms with van der Waals surface area (Å²) in [6.45, 7) is 28.4. The average Bonchev–Trinajstić information content (AvgIpc) is 1.39. The molecule has 0 radical (unpaired) electrons. The van der Waals surface area contributed by atoms with Gasteiger partial charge < -0.3 is 14.2 Å². The van der Waals surface area contributed by atoms with E-state index in [4.69, 9.17) is 4.42 Å². The Hall–Kier alpha value is -9.74. The first-order valence-corrected chi connectivity index (χ1v) is 33.9. The number of hydrogen-bond donors (Lipinski definition) is 0. The molecular formula is C89H78N2OS. The van der Waals surface area contributed by atoms with Crippen LogP contribution in [0, 0.1) is 0 Å². The van der Waals surface area contributed by atoms with Crippen molar-refractivity contribution < 1.29 is 4.42 Å². The molecule has 2 aliphatic heterocycles. The minimum Gasteiger partial charge on any atom is -0.456 e. The second-order valence-electron chi connectivity index (χ2n) is 30.1. The van der Waals surface area contributed by atoms with Gasteiger partial charge in [-0.05, 0) is 143 Å². The van der Waals surface area contributed by atoms with E-state index in [0.717, 1.165) is 61.3 Å². The molecule has 4 heteroatoms. The molecule has 2 aromatic heterocycles. The van der Waals surface area contributed by atoms with E-state index >= 15 is 0 Å². The fraction of sp³-hybridized carbons (Fsp3) is 0.191. The van der Waals surface area contributed by atoms with Crippen molar-refractivity contribution in [2.45, 2.75) is 111 Å². The van der Waals surface area contributed by atoms with Gasteiger partial charge in [0, 0.05) is 64.7 Å². The highest BCUT2D eigenvalue weighted by Gasteiger charge is 2.45. The van der Waals surface area contributed by atoms with Crippen LogP contribution in [0.25, 0.3) is 97.7 Å². The van der Waals surface area contributed by atoms with Crippen molar-refractivity contribution in [1.82, 2.24) is 0 Å². The van der Waals surface area contributed by atoms with Crippen LogP contribution in [0.15, 0.2) is 253 Å². The van der Waals surface area contributed by atoms with Crippen LogP contribution < -0.4 is 9.80 Å². The molecule has 0 N–H and O–H groups in total. The number of hydrogen-bond acceptors (Lipinski definition) is 4. The molecule has 16 rings (SSSR count). The molecule has 0 saturated carbocycles. The molecule has 0 aliphatic carbocycles. The molecule has 0 fully saturated rings. The van der Waals surface area contributed by atoms with Gasteiger partial charge in [0.1, 0.15) is 11.2 Å². The van der Waals surface area contributed by atoms with Crippen molar-refractivity contribution in [2.24, 2.45) is 0 Å². The fourth-order valence-corrected chi connectivity index (χ4v) is 16.0. The number of rotatable bonds is 7. The lowest BCUT2D eigenvalue weighted by Crippen LogP contribution is -2.31. The third kappa shape index (κ3) is 9.66. The second-order valence-corrected chi connectivity index (χ2v) is 31.2. The molecule has 93 heavy (non-hydrogen) atoms. The number of para-hydroxylation sites is 1. The highest BCUT2D eigenvalue weighted by molar-refractivity contribution is 7.26. The van der Waals surface area contributed by atoms with Crippen molar-refractivity contribution in [2.75, 3.05) is 9.80 Å². The number of fused-ring (bicyclic) bond motifs is 10. The molecule has 456 valence electrons. The molecule has 0 spiro atoms.